The Morgan fingerprint density at radius 2 is 1.92 bits per heavy atom. The van der Waals surface area contributed by atoms with Crippen LogP contribution in [-0.2, 0) is 11.3 Å². The highest BCUT2D eigenvalue weighted by Crippen LogP contribution is 2.37. The first-order valence-corrected chi connectivity index (χ1v) is 12.5. The normalized spacial score (nSPS) is 18.7. The second-order valence-corrected chi connectivity index (χ2v) is 9.47. The van der Waals surface area contributed by atoms with Crippen molar-refractivity contribution in [3.63, 3.8) is 0 Å². The minimum Gasteiger partial charge on any atom is -0.481 e. The maximum Gasteiger partial charge on any atom is 0.306 e. The number of aliphatic carboxylic acids is 1. The van der Waals surface area contributed by atoms with Crippen LogP contribution >= 0.6 is 0 Å². The Morgan fingerprint density at radius 3 is 2.63 bits per heavy atom. The van der Waals surface area contributed by atoms with Gasteiger partial charge in [-0.3, -0.25) is 14.8 Å². The fourth-order valence-electron chi connectivity index (χ4n) is 4.83. The number of nitrogens with zero attached hydrogens (tertiary/aromatic N) is 6. The van der Waals surface area contributed by atoms with Crippen molar-refractivity contribution in [2.24, 2.45) is 27.8 Å². The van der Waals surface area contributed by atoms with Crippen LogP contribution in [0.5, 0.6) is 0 Å². The van der Waals surface area contributed by atoms with E-state index < -0.39 is 5.97 Å². The first-order chi connectivity index (χ1) is 18.4. The number of hydrazone groups is 1. The molecule has 194 valence electrons. The topological polar surface area (TPSA) is 177 Å². The lowest BCUT2D eigenvalue weighted by atomic mass is 9.75. The van der Waals surface area contributed by atoms with E-state index in [9.17, 15) is 15.2 Å². The number of aliphatic imine (C=N–C) groups is 1. The highest BCUT2D eigenvalue weighted by atomic mass is 16.4. The fourth-order valence-corrected chi connectivity index (χ4v) is 4.83. The molecule has 0 saturated heterocycles. The number of aromatic nitrogens is 3. The Bertz CT molecular complexity index is 1400. The average Bonchev–Trinajstić information content (AvgIpc) is 2.95. The van der Waals surface area contributed by atoms with Crippen LogP contribution in [0.3, 0.4) is 0 Å². The van der Waals surface area contributed by atoms with Gasteiger partial charge in [0.05, 0.1) is 47.4 Å². The van der Waals surface area contributed by atoms with E-state index in [1.165, 1.54) is 6.21 Å². The molecule has 10 heteroatoms. The van der Waals surface area contributed by atoms with Crippen molar-refractivity contribution in [3.05, 3.63) is 71.2 Å². The van der Waals surface area contributed by atoms with Crippen molar-refractivity contribution in [3.8, 4) is 17.3 Å². The van der Waals surface area contributed by atoms with E-state index in [1.54, 1.807) is 24.3 Å². The molecule has 0 spiro atoms. The van der Waals surface area contributed by atoms with Gasteiger partial charge in [-0.25, -0.2) is 9.97 Å². The van der Waals surface area contributed by atoms with Gasteiger partial charge in [0.25, 0.3) is 0 Å². The molecule has 1 atom stereocenters. The van der Waals surface area contributed by atoms with E-state index in [-0.39, 0.29) is 17.8 Å². The Kier molecular flexibility index (Phi) is 8.38. The molecule has 1 aliphatic carbocycles. The molecule has 0 aliphatic heterocycles. The Hall–Kier alpha value is -4.65. The van der Waals surface area contributed by atoms with E-state index >= 15 is 0 Å². The van der Waals surface area contributed by atoms with Crippen molar-refractivity contribution < 1.29 is 9.90 Å². The molecular weight excluding hydrogens is 480 g/mol. The molecule has 3 aromatic rings. The predicted molar refractivity (Wildman–Crippen MR) is 145 cm³/mol. The lowest BCUT2D eigenvalue weighted by molar-refractivity contribution is -0.143. The maximum atomic E-state index is 11.3. The molecule has 0 radical (unpaired) electrons. The number of nitrogen functional groups attached to an aromatic ring is 1. The zero-order valence-corrected chi connectivity index (χ0v) is 21.2. The third-order valence-corrected chi connectivity index (χ3v) is 7.02. The quantitative estimate of drug-likeness (QED) is 0.232. The molecule has 5 N–H and O–H groups in total. The number of rotatable bonds is 8. The summed E-state index contributed by atoms with van der Waals surface area (Å²) in [7, 11) is 0. The lowest BCUT2D eigenvalue weighted by Gasteiger charge is -2.30. The molecule has 0 bridgehead atoms. The maximum absolute atomic E-state index is 11.3. The van der Waals surface area contributed by atoms with Gasteiger partial charge in [-0.2, -0.15) is 10.4 Å². The molecule has 10 nitrogen and oxygen atoms in total. The van der Waals surface area contributed by atoms with Crippen LogP contribution in [-0.4, -0.2) is 38.0 Å². The number of carboxylic acid groups (broad SMARTS) is 1. The summed E-state index contributed by atoms with van der Waals surface area (Å²) in [6.07, 6.45) is 4.75. The van der Waals surface area contributed by atoms with Gasteiger partial charge in [-0.05, 0) is 61.9 Å². The summed E-state index contributed by atoms with van der Waals surface area (Å²) < 4.78 is 0. The first-order valence-electron chi connectivity index (χ1n) is 12.5. The van der Waals surface area contributed by atoms with Crippen LogP contribution in [0.4, 0.5) is 5.95 Å². The van der Waals surface area contributed by atoms with Gasteiger partial charge >= 0.3 is 5.97 Å². The zero-order chi connectivity index (χ0) is 27.1. The van der Waals surface area contributed by atoms with Gasteiger partial charge in [0.15, 0.2) is 0 Å². The molecule has 1 fully saturated rings. The second-order valence-electron chi connectivity index (χ2n) is 9.47. The summed E-state index contributed by atoms with van der Waals surface area (Å²) in [4.78, 5) is 29.1. The molecule has 0 amide bonds. The van der Waals surface area contributed by atoms with E-state index in [0.717, 1.165) is 29.8 Å². The monoisotopic (exact) mass is 510 g/mol. The zero-order valence-electron chi connectivity index (χ0n) is 21.2. The highest BCUT2D eigenvalue weighted by Gasteiger charge is 2.29. The van der Waals surface area contributed by atoms with Gasteiger partial charge in [0, 0.05) is 17.2 Å². The smallest absolute Gasteiger partial charge is 0.306 e. The van der Waals surface area contributed by atoms with Gasteiger partial charge in [0.1, 0.15) is 5.71 Å². The Morgan fingerprint density at radius 1 is 1.16 bits per heavy atom. The van der Waals surface area contributed by atoms with Gasteiger partial charge < -0.3 is 16.7 Å². The molecule has 1 aromatic carbocycles. The summed E-state index contributed by atoms with van der Waals surface area (Å²) in [6, 6.07) is 16.7. The standard InChI is InChI=1S/C28H30N8O2/c1-17(19-8-10-20(11-9-19)27(37)38)23-7-3-6-22(33-23)15-32-16-26(36-31)25-13-24(34-28(30)35-25)21-5-2-4-18(12-21)14-29/h2-7,12-13,16-17,19-20H,8-11,15,31H2,1H3,(H,37,38)(H2,30,34,35). The SMILES string of the molecule is CC(c1cccc(CN=CC(=NN)c2cc(-c3cccc(C#N)c3)nc(N)n2)n1)C1CCC(C(=O)O)CC1. The van der Waals surface area contributed by atoms with Crippen molar-refractivity contribution in [2.75, 3.05) is 5.73 Å². The summed E-state index contributed by atoms with van der Waals surface area (Å²) in [5.74, 6) is 5.43. The minimum atomic E-state index is -0.691. The molecular formula is C28H30N8O2. The van der Waals surface area contributed by atoms with Crippen molar-refractivity contribution >= 4 is 23.8 Å². The van der Waals surface area contributed by atoms with E-state index in [2.05, 4.69) is 33.1 Å². The van der Waals surface area contributed by atoms with Crippen molar-refractivity contribution in [2.45, 2.75) is 45.1 Å². The van der Waals surface area contributed by atoms with Crippen LogP contribution < -0.4 is 11.6 Å². The van der Waals surface area contributed by atoms with Gasteiger partial charge in [-0.15, -0.1) is 0 Å². The number of nitriles is 1. The van der Waals surface area contributed by atoms with Crippen LogP contribution in [0.1, 0.15) is 61.2 Å². The highest BCUT2D eigenvalue weighted by molar-refractivity contribution is 6.37. The van der Waals surface area contributed by atoms with Crippen molar-refractivity contribution in [1.82, 2.24) is 15.0 Å². The van der Waals surface area contributed by atoms with E-state index in [4.69, 9.17) is 16.6 Å². The molecule has 2 heterocycles. The van der Waals surface area contributed by atoms with E-state index in [0.29, 0.717) is 48.0 Å². The molecule has 2 aromatic heterocycles. The number of nitrogens with two attached hydrogens (primary N) is 2. The number of benzene rings is 1. The lowest BCUT2D eigenvalue weighted by Crippen LogP contribution is -2.24. The number of pyridine rings is 1. The van der Waals surface area contributed by atoms with Crippen LogP contribution in [0, 0.1) is 23.2 Å². The summed E-state index contributed by atoms with van der Waals surface area (Å²) in [6.45, 7) is 2.48. The number of carbonyl (C=O) groups is 1. The first kappa shape index (κ1) is 26.4. The third kappa shape index (κ3) is 6.37. The average molecular weight is 511 g/mol. The van der Waals surface area contributed by atoms with Crippen LogP contribution in [0.25, 0.3) is 11.3 Å². The Balaban J connectivity index is 1.45. The minimum absolute atomic E-state index is 0.0511. The molecule has 1 aliphatic rings. The van der Waals surface area contributed by atoms with Gasteiger partial charge in [0.2, 0.25) is 5.95 Å². The Labute approximate surface area is 221 Å². The van der Waals surface area contributed by atoms with E-state index in [1.807, 2.05) is 24.3 Å². The number of hydrogen-bond donors (Lipinski definition) is 3. The van der Waals surface area contributed by atoms with Crippen molar-refractivity contribution in [1.29, 1.82) is 5.26 Å². The largest absolute Gasteiger partial charge is 0.481 e. The number of anilines is 1. The summed E-state index contributed by atoms with van der Waals surface area (Å²) in [5, 5.41) is 22.3. The molecule has 4 rings (SSSR count). The van der Waals surface area contributed by atoms with Gasteiger partial charge in [-0.1, -0.05) is 25.1 Å². The van der Waals surface area contributed by atoms with Crippen LogP contribution in [0.2, 0.25) is 0 Å². The molecule has 38 heavy (non-hydrogen) atoms. The third-order valence-electron chi connectivity index (χ3n) is 7.02. The molecule has 1 unspecified atom stereocenters. The number of carboxylic acids is 1. The fraction of sp³-hybridized carbons (Fsp3) is 0.321. The molecule has 1 saturated carbocycles. The predicted octanol–water partition coefficient (Wildman–Crippen LogP) is 3.92. The van der Waals surface area contributed by atoms with Crippen LogP contribution in [0.15, 0.2) is 58.6 Å². The number of hydrogen-bond acceptors (Lipinski definition) is 9. The summed E-state index contributed by atoms with van der Waals surface area (Å²) >= 11 is 0. The summed E-state index contributed by atoms with van der Waals surface area (Å²) in [5.41, 5.74) is 10.2. The second kappa shape index (κ2) is 12.1.